The Labute approximate surface area is 370 Å². The van der Waals surface area contributed by atoms with Gasteiger partial charge >= 0.3 is 0 Å². The predicted molar refractivity (Wildman–Crippen MR) is 268 cm³/mol. The quantitative estimate of drug-likeness (QED) is 0.173. The van der Waals surface area contributed by atoms with Crippen molar-refractivity contribution in [1.82, 2.24) is 9.97 Å². The Morgan fingerprint density at radius 3 is 1.00 bits per heavy atom. The average molecular weight is 809 g/mol. The van der Waals surface area contributed by atoms with Gasteiger partial charge in [0, 0.05) is 34.3 Å². The van der Waals surface area contributed by atoms with Gasteiger partial charge in [0.2, 0.25) is 0 Å². The standard InChI is InChI=1S/C62H36N2/c1-7-21-59-37(11-1)27-45(35-63-59)41-29-39(30-42(31-41)46-28-38-12-2-8-22-60(38)64-36-46)40-32-43(47-23-25-57-51-15-5-3-13-49(51)55-19-9-17-53(47)61(55)57)34-44(33-40)48-24-26-58-52-16-6-4-14-50(52)56-20-10-18-54(48)62(56)58/h1-36H. The van der Waals surface area contributed by atoms with E-state index in [1.807, 2.05) is 24.5 Å². The van der Waals surface area contributed by atoms with Crippen molar-refractivity contribution >= 4 is 43.4 Å². The van der Waals surface area contributed by atoms with Gasteiger partial charge < -0.3 is 0 Å². The van der Waals surface area contributed by atoms with Gasteiger partial charge in [0.1, 0.15) is 0 Å². The molecule has 0 spiro atoms. The first-order chi connectivity index (χ1) is 31.7. The maximum absolute atomic E-state index is 4.92. The third-order valence-corrected chi connectivity index (χ3v) is 13.8. The molecule has 0 saturated carbocycles. The lowest BCUT2D eigenvalue weighted by Crippen LogP contribution is -1.91. The normalized spacial score (nSPS) is 12.1. The molecular weight excluding hydrogens is 773 g/mol. The lowest BCUT2D eigenvalue weighted by molar-refractivity contribution is 1.40. The second kappa shape index (κ2) is 13.5. The van der Waals surface area contributed by atoms with Crippen LogP contribution in [0.1, 0.15) is 0 Å². The fraction of sp³-hybridized carbons (Fsp3) is 0. The Kier molecular flexibility index (Phi) is 7.43. The molecule has 0 N–H and O–H groups in total. The molecule has 0 amide bonds. The molecule has 14 rings (SSSR count). The van der Waals surface area contributed by atoms with Crippen LogP contribution in [0, 0.1) is 0 Å². The van der Waals surface area contributed by atoms with Crippen molar-refractivity contribution in [3.8, 4) is 100 Å². The zero-order valence-electron chi connectivity index (χ0n) is 34.7. The van der Waals surface area contributed by atoms with E-state index in [0.717, 1.165) is 55.2 Å². The molecule has 0 unspecified atom stereocenters. The van der Waals surface area contributed by atoms with Crippen LogP contribution in [0.3, 0.4) is 0 Å². The van der Waals surface area contributed by atoms with Gasteiger partial charge in [-0.05, 0) is 171 Å². The highest BCUT2D eigenvalue weighted by molar-refractivity contribution is 6.20. The van der Waals surface area contributed by atoms with Crippen molar-refractivity contribution in [3.63, 3.8) is 0 Å². The molecule has 2 heterocycles. The Balaban J connectivity index is 1.04. The monoisotopic (exact) mass is 808 g/mol. The van der Waals surface area contributed by atoms with Gasteiger partial charge in [-0.1, -0.05) is 146 Å². The zero-order valence-corrected chi connectivity index (χ0v) is 34.7. The third-order valence-electron chi connectivity index (χ3n) is 13.8. The highest BCUT2D eigenvalue weighted by Crippen LogP contribution is 2.52. The lowest BCUT2D eigenvalue weighted by Gasteiger charge is -2.17. The fourth-order valence-electron chi connectivity index (χ4n) is 10.8. The van der Waals surface area contributed by atoms with E-state index < -0.39 is 0 Å². The van der Waals surface area contributed by atoms with E-state index in [0.29, 0.717) is 0 Å². The van der Waals surface area contributed by atoms with E-state index in [-0.39, 0.29) is 0 Å². The summed E-state index contributed by atoms with van der Waals surface area (Å²) in [7, 11) is 0. The number of fused-ring (bicyclic) bond motifs is 8. The minimum atomic E-state index is 0.987. The van der Waals surface area contributed by atoms with Crippen LogP contribution in [0.2, 0.25) is 0 Å². The van der Waals surface area contributed by atoms with Crippen LogP contribution < -0.4 is 0 Å². The molecule has 12 aromatic rings. The number of aromatic nitrogens is 2. The van der Waals surface area contributed by atoms with Crippen molar-refractivity contribution in [2.75, 3.05) is 0 Å². The van der Waals surface area contributed by atoms with Gasteiger partial charge in [-0.3, -0.25) is 9.97 Å². The van der Waals surface area contributed by atoms with Gasteiger partial charge in [-0.2, -0.15) is 0 Å². The summed E-state index contributed by atoms with van der Waals surface area (Å²) in [6, 6.07) is 76.1. The SMILES string of the molecule is c1ccc2c(c1)-c1cccc3c(-c4cc(-c5cc(-c6cnc7ccccc7c6)cc(-c6cnc7ccccc7c6)c5)cc(-c5ccc6c7c(cccc57)-c5ccccc5-6)c4)ccc-2c13. The molecule has 2 heteroatoms. The summed E-state index contributed by atoms with van der Waals surface area (Å²) in [6.45, 7) is 0. The Bertz CT molecular complexity index is 3660. The summed E-state index contributed by atoms with van der Waals surface area (Å²) in [6.07, 6.45) is 4.03. The van der Waals surface area contributed by atoms with Crippen LogP contribution in [-0.4, -0.2) is 9.97 Å². The summed E-state index contributed by atoms with van der Waals surface area (Å²) in [4.78, 5) is 9.85. The lowest BCUT2D eigenvalue weighted by atomic mass is 9.87. The molecule has 2 nitrogen and oxygen atoms in total. The van der Waals surface area contributed by atoms with Crippen molar-refractivity contribution in [3.05, 3.63) is 219 Å². The van der Waals surface area contributed by atoms with Gasteiger partial charge in [0.05, 0.1) is 11.0 Å². The van der Waals surface area contributed by atoms with Crippen molar-refractivity contribution in [2.45, 2.75) is 0 Å². The smallest absolute Gasteiger partial charge is 0.0702 e. The maximum atomic E-state index is 4.92. The number of pyridine rings is 2. The molecular formula is C62H36N2. The maximum Gasteiger partial charge on any atom is 0.0702 e. The molecule has 294 valence electrons. The zero-order chi connectivity index (χ0) is 41.9. The molecule has 0 fully saturated rings. The molecule has 0 atom stereocenters. The molecule has 0 saturated heterocycles. The molecule has 2 aromatic heterocycles. The van der Waals surface area contributed by atoms with E-state index in [2.05, 4.69) is 194 Å². The van der Waals surface area contributed by atoms with Crippen molar-refractivity contribution in [2.24, 2.45) is 0 Å². The molecule has 10 aromatic carbocycles. The number of benzene rings is 10. The van der Waals surface area contributed by atoms with Crippen LogP contribution in [0.25, 0.3) is 143 Å². The minimum Gasteiger partial charge on any atom is -0.256 e. The minimum absolute atomic E-state index is 0.987. The predicted octanol–water partition coefficient (Wildman–Crippen LogP) is 16.7. The summed E-state index contributed by atoms with van der Waals surface area (Å²) >= 11 is 0. The van der Waals surface area contributed by atoms with E-state index in [9.17, 15) is 0 Å². The van der Waals surface area contributed by atoms with Crippen LogP contribution in [0.4, 0.5) is 0 Å². The summed E-state index contributed by atoms with van der Waals surface area (Å²) in [5.41, 5.74) is 23.9. The first kappa shape index (κ1) is 35.2. The molecule has 0 aliphatic heterocycles. The Hall–Kier alpha value is -8.46. The number of hydrogen-bond acceptors (Lipinski definition) is 2. The van der Waals surface area contributed by atoms with Crippen LogP contribution in [0.5, 0.6) is 0 Å². The first-order valence-electron chi connectivity index (χ1n) is 22.0. The first-order valence-corrected chi connectivity index (χ1v) is 22.0. The van der Waals surface area contributed by atoms with Gasteiger partial charge in [-0.15, -0.1) is 0 Å². The van der Waals surface area contributed by atoms with Crippen LogP contribution in [-0.2, 0) is 0 Å². The topological polar surface area (TPSA) is 25.8 Å². The molecule has 64 heavy (non-hydrogen) atoms. The van der Waals surface area contributed by atoms with Crippen LogP contribution in [0.15, 0.2) is 219 Å². The Morgan fingerprint density at radius 1 is 0.219 bits per heavy atom. The Morgan fingerprint density at radius 2 is 0.547 bits per heavy atom. The highest BCUT2D eigenvalue weighted by atomic mass is 14.7. The highest BCUT2D eigenvalue weighted by Gasteiger charge is 2.25. The second-order valence-electron chi connectivity index (χ2n) is 17.3. The third kappa shape index (κ3) is 5.27. The number of rotatable bonds is 5. The van der Waals surface area contributed by atoms with Crippen LogP contribution >= 0.6 is 0 Å². The summed E-state index contributed by atoms with van der Waals surface area (Å²) in [5, 5.41) is 7.42. The number of para-hydroxylation sites is 2. The summed E-state index contributed by atoms with van der Waals surface area (Å²) < 4.78 is 0. The van der Waals surface area contributed by atoms with Crippen molar-refractivity contribution < 1.29 is 0 Å². The van der Waals surface area contributed by atoms with Gasteiger partial charge in [0.15, 0.2) is 0 Å². The summed E-state index contributed by atoms with van der Waals surface area (Å²) in [5.74, 6) is 0. The van der Waals surface area contributed by atoms with E-state index in [1.54, 1.807) is 0 Å². The number of hydrogen-bond donors (Lipinski definition) is 0. The number of nitrogens with zero attached hydrogens (tertiary/aromatic N) is 2. The van der Waals surface area contributed by atoms with Gasteiger partial charge in [-0.25, -0.2) is 0 Å². The van der Waals surface area contributed by atoms with Crippen molar-refractivity contribution in [1.29, 1.82) is 0 Å². The molecule has 0 radical (unpaired) electrons. The van der Waals surface area contributed by atoms with Gasteiger partial charge in [0.25, 0.3) is 0 Å². The fourth-order valence-corrected chi connectivity index (χ4v) is 10.8. The second-order valence-corrected chi connectivity index (χ2v) is 17.3. The van der Waals surface area contributed by atoms with E-state index in [1.165, 1.54) is 88.3 Å². The largest absolute Gasteiger partial charge is 0.256 e. The van der Waals surface area contributed by atoms with E-state index >= 15 is 0 Å². The molecule has 2 aliphatic rings. The molecule has 2 aliphatic carbocycles. The van der Waals surface area contributed by atoms with E-state index in [4.69, 9.17) is 9.97 Å². The average Bonchev–Trinajstić information content (AvgIpc) is 3.87. The molecule has 0 bridgehead atoms.